The monoisotopic (exact) mass is 375 g/mol. The fourth-order valence-corrected chi connectivity index (χ4v) is 2.98. The molecule has 0 saturated carbocycles. The molecule has 0 bridgehead atoms. The van der Waals surface area contributed by atoms with E-state index >= 15 is 0 Å². The van der Waals surface area contributed by atoms with Gasteiger partial charge >= 0.3 is 0 Å². The van der Waals surface area contributed by atoms with Gasteiger partial charge in [0.05, 0.1) is 21.7 Å². The molecule has 3 aromatic carbocycles. The molecule has 0 aliphatic heterocycles. The number of hydrogen-bond acceptors (Lipinski definition) is 1. The molecular formula is C23H15Cl2N. The van der Waals surface area contributed by atoms with Crippen molar-refractivity contribution in [2.75, 3.05) is 0 Å². The molecule has 1 nitrogen and oxygen atoms in total. The third kappa shape index (κ3) is 4.24. The number of rotatable bonds is 4. The number of hydrogen-bond donors (Lipinski definition) is 0. The SMILES string of the molecule is N#Cc1ccccc1/C=C/c1ccc(/C=C/c2ccccc2)c(Cl)c1Cl. The van der Waals surface area contributed by atoms with Gasteiger partial charge in [-0.25, -0.2) is 0 Å². The van der Waals surface area contributed by atoms with E-state index in [2.05, 4.69) is 6.07 Å². The van der Waals surface area contributed by atoms with Gasteiger partial charge in [0, 0.05) is 0 Å². The molecule has 126 valence electrons. The van der Waals surface area contributed by atoms with Gasteiger partial charge in [0.15, 0.2) is 0 Å². The number of benzene rings is 3. The van der Waals surface area contributed by atoms with Gasteiger partial charge in [0.1, 0.15) is 0 Å². The van der Waals surface area contributed by atoms with Crippen molar-refractivity contribution in [3.05, 3.63) is 105 Å². The van der Waals surface area contributed by atoms with Crippen LogP contribution in [0.5, 0.6) is 0 Å². The first-order chi connectivity index (χ1) is 12.7. The van der Waals surface area contributed by atoms with Crippen molar-refractivity contribution in [1.29, 1.82) is 5.26 Å². The standard InChI is InChI=1S/C23H15Cl2N/c24-22-19(11-10-17-6-2-1-3-7-17)14-15-20(23(22)25)13-12-18-8-4-5-9-21(18)16-26/h1-15H/b11-10+,13-12+. The molecule has 0 N–H and O–H groups in total. The molecule has 0 radical (unpaired) electrons. The average Bonchev–Trinajstić information content (AvgIpc) is 2.69. The second-order valence-electron chi connectivity index (χ2n) is 5.65. The summed E-state index contributed by atoms with van der Waals surface area (Å²) in [7, 11) is 0. The Morgan fingerprint density at radius 3 is 1.81 bits per heavy atom. The summed E-state index contributed by atoms with van der Waals surface area (Å²) in [6.07, 6.45) is 7.68. The van der Waals surface area contributed by atoms with Crippen molar-refractivity contribution in [3.8, 4) is 6.07 Å². The quantitative estimate of drug-likeness (QED) is 0.442. The van der Waals surface area contributed by atoms with E-state index in [-0.39, 0.29) is 0 Å². The van der Waals surface area contributed by atoms with Crippen LogP contribution in [0.15, 0.2) is 66.7 Å². The van der Waals surface area contributed by atoms with Crippen LogP contribution in [0.3, 0.4) is 0 Å². The fraction of sp³-hybridized carbons (Fsp3) is 0. The van der Waals surface area contributed by atoms with Crippen molar-refractivity contribution >= 4 is 47.5 Å². The summed E-state index contributed by atoms with van der Waals surface area (Å²) in [5.74, 6) is 0. The predicted octanol–water partition coefficient (Wildman–Crippen LogP) is 7.21. The minimum atomic E-state index is 0.493. The fourth-order valence-electron chi connectivity index (χ4n) is 2.51. The Balaban J connectivity index is 1.87. The molecule has 0 heterocycles. The van der Waals surface area contributed by atoms with Crippen molar-refractivity contribution < 1.29 is 0 Å². The maximum absolute atomic E-state index is 9.17. The van der Waals surface area contributed by atoms with Gasteiger partial charge in [0.25, 0.3) is 0 Å². The van der Waals surface area contributed by atoms with E-state index < -0.39 is 0 Å². The van der Waals surface area contributed by atoms with Crippen LogP contribution >= 0.6 is 23.2 Å². The van der Waals surface area contributed by atoms with E-state index in [1.54, 1.807) is 6.07 Å². The van der Waals surface area contributed by atoms with E-state index in [1.807, 2.05) is 85.0 Å². The van der Waals surface area contributed by atoms with Crippen molar-refractivity contribution in [2.24, 2.45) is 0 Å². The van der Waals surface area contributed by atoms with Crippen LogP contribution in [0.2, 0.25) is 10.0 Å². The van der Waals surface area contributed by atoms with Crippen LogP contribution < -0.4 is 0 Å². The van der Waals surface area contributed by atoms with Gasteiger partial charge in [-0.05, 0) is 28.3 Å². The van der Waals surface area contributed by atoms with Gasteiger partial charge in [-0.3, -0.25) is 0 Å². The highest BCUT2D eigenvalue weighted by Crippen LogP contribution is 2.32. The smallest absolute Gasteiger partial charge is 0.0997 e. The zero-order chi connectivity index (χ0) is 18.4. The Labute approximate surface area is 163 Å². The van der Waals surface area contributed by atoms with E-state index in [1.165, 1.54) is 0 Å². The lowest BCUT2D eigenvalue weighted by Crippen LogP contribution is -1.84. The summed E-state index contributed by atoms with van der Waals surface area (Å²) in [5.41, 5.74) is 4.22. The van der Waals surface area contributed by atoms with Gasteiger partial charge in [0.2, 0.25) is 0 Å². The summed E-state index contributed by atoms with van der Waals surface area (Å²) >= 11 is 12.9. The largest absolute Gasteiger partial charge is 0.192 e. The Hall–Kier alpha value is -2.79. The molecule has 0 atom stereocenters. The highest BCUT2D eigenvalue weighted by Gasteiger charge is 2.07. The van der Waals surface area contributed by atoms with Gasteiger partial charge in [-0.15, -0.1) is 0 Å². The maximum Gasteiger partial charge on any atom is 0.0997 e. The molecule has 0 aromatic heterocycles. The van der Waals surface area contributed by atoms with E-state index in [4.69, 9.17) is 28.5 Å². The first-order valence-corrected chi connectivity index (χ1v) is 8.83. The van der Waals surface area contributed by atoms with Crippen LogP contribution in [0.4, 0.5) is 0 Å². The predicted molar refractivity (Wildman–Crippen MR) is 112 cm³/mol. The molecular weight excluding hydrogens is 361 g/mol. The second-order valence-corrected chi connectivity index (χ2v) is 6.40. The van der Waals surface area contributed by atoms with Crippen LogP contribution in [0, 0.1) is 11.3 Å². The van der Waals surface area contributed by atoms with Crippen molar-refractivity contribution in [1.82, 2.24) is 0 Å². The maximum atomic E-state index is 9.17. The lowest BCUT2D eigenvalue weighted by molar-refractivity contribution is 1.47. The second kappa shape index (κ2) is 8.54. The Kier molecular flexibility index (Phi) is 5.92. The van der Waals surface area contributed by atoms with E-state index in [0.29, 0.717) is 15.6 Å². The molecule has 0 aliphatic carbocycles. The topological polar surface area (TPSA) is 23.8 Å². The number of nitriles is 1. The lowest BCUT2D eigenvalue weighted by atomic mass is 10.1. The van der Waals surface area contributed by atoms with Gasteiger partial charge in [-0.1, -0.05) is 108 Å². The van der Waals surface area contributed by atoms with Crippen molar-refractivity contribution in [3.63, 3.8) is 0 Å². The number of nitrogens with zero attached hydrogens (tertiary/aromatic N) is 1. The third-order valence-corrected chi connectivity index (χ3v) is 4.83. The Morgan fingerprint density at radius 2 is 1.15 bits per heavy atom. The zero-order valence-corrected chi connectivity index (χ0v) is 15.4. The minimum Gasteiger partial charge on any atom is -0.192 e. The molecule has 0 unspecified atom stereocenters. The summed E-state index contributed by atoms with van der Waals surface area (Å²) in [6.45, 7) is 0. The molecule has 26 heavy (non-hydrogen) atoms. The molecule has 0 spiro atoms. The van der Waals surface area contributed by atoms with E-state index in [9.17, 15) is 0 Å². The minimum absolute atomic E-state index is 0.493. The van der Waals surface area contributed by atoms with Gasteiger partial charge in [-0.2, -0.15) is 5.26 Å². The Morgan fingerprint density at radius 1 is 0.615 bits per heavy atom. The first kappa shape index (κ1) is 18.0. The van der Waals surface area contributed by atoms with Crippen molar-refractivity contribution in [2.45, 2.75) is 0 Å². The summed E-state index contributed by atoms with van der Waals surface area (Å²) in [6, 6.07) is 23.4. The summed E-state index contributed by atoms with van der Waals surface area (Å²) in [4.78, 5) is 0. The van der Waals surface area contributed by atoms with E-state index in [0.717, 1.165) is 22.3 Å². The molecule has 0 aliphatic rings. The zero-order valence-electron chi connectivity index (χ0n) is 13.9. The van der Waals surface area contributed by atoms with Gasteiger partial charge < -0.3 is 0 Å². The van der Waals surface area contributed by atoms with Crippen LogP contribution in [-0.2, 0) is 0 Å². The molecule has 0 fully saturated rings. The highest BCUT2D eigenvalue weighted by molar-refractivity contribution is 6.44. The summed E-state index contributed by atoms with van der Waals surface area (Å²) in [5, 5.41) is 10.2. The molecule has 0 amide bonds. The molecule has 3 heteroatoms. The third-order valence-electron chi connectivity index (χ3n) is 3.92. The molecule has 3 rings (SSSR count). The Bertz CT molecular complexity index is 1010. The number of halogens is 2. The lowest BCUT2D eigenvalue weighted by Gasteiger charge is -2.05. The summed E-state index contributed by atoms with van der Waals surface area (Å²) < 4.78 is 0. The first-order valence-electron chi connectivity index (χ1n) is 8.07. The van der Waals surface area contributed by atoms with Crippen LogP contribution in [0.1, 0.15) is 27.8 Å². The molecule has 3 aromatic rings. The van der Waals surface area contributed by atoms with Crippen LogP contribution in [0.25, 0.3) is 24.3 Å². The average molecular weight is 376 g/mol. The normalized spacial score (nSPS) is 11.1. The molecule has 0 saturated heterocycles. The van der Waals surface area contributed by atoms with Crippen LogP contribution in [-0.4, -0.2) is 0 Å². The highest BCUT2D eigenvalue weighted by atomic mass is 35.5.